The summed E-state index contributed by atoms with van der Waals surface area (Å²) in [6.07, 6.45) is 0. The van der Waals surface area contributed by atoms with Gasteiger partial charge in [-0.05, 0) is 0 Å². The van der Waals surface area contributed by atoms with Gasteiger partial charge in [0.2, 0.25) is 0 Å². The van der Waals surface area contributed by atoms with Gasteiger partial charge in [-0.25, -0.2) is 5.26 Å². The first kappa shape index (κ1) is 341. The fraction of sp³-hybridized carbons (Fsp3) is 0. The summed E-state index contributed by atoms with van der Waals surface area (Å²) in [5.41, 5.74) is 0. The molecule has 0 aliphatic rings. The van der Waals surface area contributed by atoms with E-state index in [0.717, 1.165) is 0 Å². The minimum Gasteiger partial charge on any atom is -0.412 e. The number of rotatable bonds is 0. The molecule has 7 heavy (non-hydrogen) atoms. The topological polar surface area (TPSA) is 150 Å². The van der Waals surface area contributed by atoms with Crippen LogP contribution >= 0.6 is 0 Å². The van der Waals surface area contributed by atoms with E-state index in [9.17, 15) is 0 Å². The second-order valence-corrected chi connectivity index (χ2v) is 0. The molecule has 0 fully saturated rings. The molecular formula is CH9NNiO4. The van der Waals surface area contributed by atoms with Crippen molar-refractivity contribution >= 4 is 0 Å². The van der Waals surface area contributed by atoms with Gasteiger partial charge in [-0.1, -0.05) is 0 Å². The fourth-order valence-electron chi connectivity index (χ4n) is 0. The molecule has 52 valence electrons. The maximum atomic E-state index is 6.50. The smallest absolute Gasteiger partial charge is 0.0462 e. The normalized spacial score (nSPS) is 0.286. The molecule has 0 aromatic heterocycles. The summed E-state index contributed by atoms with van der Waals surface area (Å²) < 4.78 is 0. The zero-order chi connectivity index (χ0) is 2.00. The Bertz CT molecular complexity index is 16.4. The van der Waals surface area contributed by atoms with Crippen LogP contribution in [0.25, 0.3) is 0 Å². The molecule has 0 bridgehead atoms. The first-order valence-corrected chi connectivity index (χ1v) is 0.258. The molecule has 0 amide bonds. The molecule has 0 saturated carbocycles. The third-order valence-corrected chi connectivity index (χ3v) is 0. The van der Waals surface area contributed by atoms with Crippen molar-refractivity contribution in [2.24, 2.45) is 0 Å². The van der Waals surface area contributed by atoms with E-state index in [2.05, 4.69) is 6.57 Å². The SMILES string of the molecule is C#N.O.O.O.O.[Ni]. The second kappa shape index (κ2) is 4350. The molecule has 0 aliphatic heterocycles. The van der Waals surface area contributed by atoms with Crippen LogP contribution in [-0.2, 0) is 16.5 Å². The van der Waals surface area contributed by atoms with Crippen molar-refractivity contribution < 1.29 is 38.4 Å². The Hall–Kier alpha value is -0.176. The van der Waals surface area contributed by atoms with Gasteiger partial charge in [0.25, 0.3) is 0 Å². The van der Waals surface area contributed by atoms with Crippen LogP contribution < -0.4 is 0 Å². The number of hydrogen-bond donors (Lipinski definition) is 0. The van der Waals surface area contributed by atoms with Gasteiger partial charge in [0.1, 0.15) is 0 Å². The Morgan fingerprint density at radius 1 is 0.714 bits per heavy atom. The molecule has 0 aromatic carbocycles. The zero-order valence-corrected chi connectivity index (χ0v) is 4.33. The van der Waals surface area contributed by atoms with Crippen LogP contribution in [0.3, 0.4) is 0 Å². The molecule has 0 atom stereocenters. The van der Waals surface area contributed by atoms with Crippen LogP contribution in [0.4, 0.5) is 0 Å². The van der Waals surface area contributed by atoms with Crippen molar-refractivity contribution in [3.8, 4) is 6.57 Å². The van der Waals surface area contributed by atoms with E-state index in [1.165, 1.54) is 0 Å². The molecule has 5 nitrogen and oxygen atoms in total. The van der Waals surface area contributed by atoms with Gasteiger partial charge in [0, 0.05) is 23.1 Å². The van der Waals surface area contributed by atoms with E-state index in [4.69, 9.17) is 5.26 Å². The Morgan fingerprint density at radius 3 is 0.714 bits per heavy atom. The van der Waals surface area contributed by atoms with E-state index >= 15 is 0 Å². The Balaban J connectivity index is -0.000000000500. The van der Waals surface area contributed by atoms with E-state index in [0.29, 0.717) is 0 Å². The summed E-state index contributed by atoms with van der Waals surface area (Å²) >= 11 is 0. The summed E-state index contributed by atoms with van der Waals surface area (Å²) in [4.78, 5) is 0. The summed E-state index contributed by atoms with van der Waals surface area (Å²) in [6, 6.07) is 0. The molecule has 6 heteroatoms. The van der Waals surface area contributed by atoms with Crippen LogP contribution in [-0.4, -0.2) is 21.9 Å². The van der Waals surface area contributed by atoms with Crippen LogP contribution in [0.1, 0.15) is 0 Å². The molecule has 0 unspecified atom stereocenters. The van der Waals surface area contributed by atoms with E-state index in [1.807, 2.05) is 0 Å². The number of hydrogen-bond acceptors (Lipinski definition) is 1. The average molecular weight is 158 g/mol. The Morgan fingerprint density at radius 2 is 0.714 bits per heavy atom. The van der Waals surface area contributed by atoms with Crippen molar-refractivity contribution in [2.45, 2.75) is 0 Å². The molecular weight excluding hydrogens is 149 g/mol. The molecule has 8 N–H and O–H groups in total. The van der Waals surface area contributed by atoms with Gasteiger partial charge in [-0.3, -0.25) is 0 Å². The van der Waals surface area contributed by atoms with Gasteiger partial charge in [-0.15, -0.1) is 0 Å². The Kier molecular flexibility index (Phi) is 212000. The van der Waals surface area contributed by atoms with Crippen LogP contribution in [0.5, 0.6) is 0 Å². The predicted molar refractivity (Wildman–Crippen MR) is 21.1 cm³/mol. The summed E-state index contributed by atoms with van der Waals surface area (Å²) in [7, 11) is 0. The Labute approximate surface area is 51.1 Å². The third-order valence-electron chi connectivity index (χ3n) is 0. The van der Waals surface area contributed by atoms with E-state index in [-0.39, 0.29) is 38.4 Å². The molecule has 0 aromatic rings. The van der Waals surface area contributed by atoms with E-state index in [1.54, 1.807) is 0 Å². The van der Waals surface area contributed by atoms with Gasteiger partial charge < -0.3 is 21.9 Å². The monoisotopic (exact) mass is 157 g/mol. The maximum Gasteiger partial charge on any atom is 0.0462 e. The third kappa shape index (κ3) is 2730. The molecule has 0 aliphatic carbocycles. The first-order valence-electron chi connectivity index (χ1n) is 0.258. The summed E-state index contributed by atoms with van der Waals surface area (Å²) in [5.74, 6) is 0. The average Bonchev–Trinajstić information content (AvgIpc) is 1.00. The number of nitriles is 1. The van der Waals surface area contributed by atoms with Crippen molar-refractivity contribution in [3.63, 3.8) is 0 Å². The minimum atomic E-state index is 0. The van der Waals surface area contributed by atoms with Gasteiger partial charge in [-0.2, -0.15) is 0 Å². The fourth-order valence-corrected chi connectivity index (χ4v) is 0. The number of nitrogens with zero attached hydrogens (tertiary/aromatic N) is 1. The van der Waals surface area contributed by atoms with Crippen molar-refractivity contribution in [1.29, 1.82) is 5.26 Å². The largest absolute Gasteiger partial charge is 0.412 e. The minimum absolute atomic E-state index is 0. The molecule has 0 radical (unpaired) electrons. The van der Waals surface area contributed by atoms with Crippen LogP contribution in [0.15, 0.2) is 0 Å². The second-order valence-electron chi connectivity index (χ2n) is 0. The van der Waals surface area contributed by atoms with Gasteiger partial charge >= 0.3 is 0 Å². The zero-order valence-electron chi connectivity index (χ0n) is 3.34. The summed E-state index contributed by atoms with van der Waals surface area (Å²) in [5, 5.41) is 6.50. The standard InChI is InChI=1S/CHN.Ni.4H2O/c1-2;;;;;/h1H;;4*1H2. The first-order chi connectivity index (χ1) is 1.00. The maximum absolute atomic E-state index is 6.50. The molecule has 0 rings (SSSR count). The van der Waals surface area contributed by atoms with Crippen LogP contribution in [0.2, 0.25) is 0 Å². The van der Waals surface area contributed by atoms with Crippen molar-refractivity contribution in [2.75, 3.05) is 0 Å². The van der Waals surface area contributed by atoms with Gasteiger partial charge in [0.15, 0.2) is 0 Å². The van der Waals surface area contributed by atoms with E-state index < -0.39 is 0 Å². The predicted octanol–water partition coefficient (Wildman–Crippen LogP) is -3.16. The molecule has 0 heterocycles. The quantitative estimate of drug-likeness (QED) is 0.335. The van der Waals surface area contributed by atoms with Crippen molar-refractivity contribution in [3.05, 3.63) is 0 Å². The van der Waals surface area contributed by atoms with Crippen molar-refractivity contribution in [1.82, 2.24) is 0 Å². The van der Waals surface area contributed by atoms with Crippen LogP contribution in [0, 0.1) is 11.8 Å². The molecule has 0 saturated heterocycles. The van der Waals surface area contributed by atoms with Gasteiger partial charge in [0.05, 0.1) is 0 Å². The summed E-state index contributed by atoms with van der Waals surface area (Å²) in [6.45, 7) is 3.50. The molecule has 0 spiro atoms.